The fraction of sp³-hybridized carbons (Fsp3) is 0.154. The number of anilines is 1. The molecule has 0 radical (unpaired) electrons. The lowest BCUT2D eigenvalue weighted by Gasteiger charge is -2.10. The maximum absolute atomic E-state index is 12.0. The van der Waals surface area contributed by atoms with Crippen molar-refractivity contribution in [3.05, 3.63) is 47.8 Å². The summed E-state index contributed by atoms with van der Waals surface area (Å²) in [6.45, 7) is 0.732. The number of rotatable bonds is 5. The molecular formula is C13H15N5O2. The minimum atomic E-state index is -0.360. The Bertz CT molecular complexity index is 595. The largest absolute Gasteiger partial charge is 0.351 e. The Hall–Kier alpha value is -2.67. The van der Waals surface area contributed by atoms with E-state index < -0.39 is 0 Å². The van der Waals surface area contributed by atoms with Crippen LogP contribution in [0.25, 0.3) is 0 Å². The molecule has 2 amide bonds. The lowest BCUT2D eigenvalue weighted by Crippen LogP contribution is -2.30. The third-order valence-corrected chi connectivity index (χ3v) is 2.60. The molecule has 0 unspecified atom stereocenters. The normalized spacial score (nSPS) is 10.1. The summed E-state index contributed by atoms with van der Waals surface area (Å²) in [7, 11) is 0. The van der Waals surface area contributed by atoms with E-state index in [0.717, 1.165) is 0 Å². The summed E-state index contributed by atoms with van der Waals surface area (Å²) < 4.78 is 0. The number of nitrogens with zero attached hydrogens (tertiary/aromatic N) is 1. The van der Waals surface area contributed by atoms with E-state index in [1.54, 1.807) is 30.3 Å². The zero-order chi connectivity index (χ0) is 14.4. The van der Waals surface area contributed by atoms with Gasteiger partial charge in [0.1, 0.15) is 5.69 Å². The minimum absolute atomic E-state index is 0.282. The van der Waals surface area contributed by atoms with Gasteiger partial charge in [0.15, 0.2) is 0 Å². The van der Waals surface area contributed by atoms with Gasteiger partial charge in [-0.05, 0) is 18.2 Å². The van der Waals surface area contributed by atoms with E-state index in [2.05, 4.69) is 20.8 Å². The molecule has 0 fully saturated rings. The molecular weight excluding hydrogens is 258 g/mol. The molecule has 0 bridgehead atoms. The zero-order valence-electron chi connectivity index (χ0n) is 10.7. The van der Waals surface area contributed by atoms with E-state index >= 15 is 0 Å². The molecule has 0 saturated heterocycles. The van der Waals surface area contributed by atoms with Gasteiger partial charge in [0, 0.05) is 19.3 Å². The molecule has 1 aromatic carbocycles. The smallest absolute Gasteiger partial charge is 0.273 e. The number of nitrogens with one attached hydrogen (secondary N) is 3. The van der Waals surface area contributed by atoms with E-state index in [1.165, 1.54) is 6.20 Å². The molecule has 20 heavy (non-hydrogen) atoms. The quantitative estimate of drug-likeness (QED) is 0.629. The van der Waals surface area contributed by atoms with E-state index in [-0.39, 0.29) is 11.8 Å². The summed E-state index contributed by atoms with van der Waals surface area (Å²) in [5, 5.41) is 11.6. The van der Waals surface area contributed by atoms with Crippen molar-refractivity contribution in [3.8, 4) is 0 Å². The predicted molar refractivity (Wildman–Crippen MR) is 74.4 cm³/mol. The van der Waals surface area contributed by atoms with Gasteiger partial charge in [-0.1, -0.05) is 12.1 Å². The summed E-state index contributed by atoms with van der Waals surface area (Å²) in [6.07, 6.45) is 1.48. The number of hydrogen-bond acceptors (Lipinski definition) is 4. The van der Waals surface area contributed by atoms with Gasteiger partial charge < -0.3 is 16.4 Å². The van der Waals surface area contributed by atoms with Crippen LogP contribution in [0.3, 0.4) is 0 Å². The first-order valence-electron chi connectivity index (χ1n) is 6.10. The molecule has 2 rings (SSSR count). The first-order valence-corrected chi connectivity index (χ1v) is 6.10. The third-order valence-electron chi connectivity index (χ3n) is 2.60. The maximum Gasteiger partial charge on any atom is 0.273 e. The second-order valence-corrected chi connectivity index (χ2v) is 4.01. The second kappa shape index (κ2) is 6.48. The highest BCUT2D eigenvalue weighted by Crippen LogP contribution is 2.15. The molecule has 1 heterocycles. The fourth-order valence-corrected chi connectivity index (χ4v) is 1.64. The van der Waals surface area contributed by atoms with Gasteiger partial charge in [-0.3, -0.25) is 14.7 Å². The van der Waals surface area contributed by atoms with Crippen molar-refractivity contribution in [2.24, 2.45) is 5.73 Å². The van der Waals surface area contributed by atoms with Gasteiger partial charge in [0.25, 0.3) is 11.8 Å². The summed E-state index contributed by atoms with van der Waals surface area (Å²) in [5.74, 6) is -0.641. The van der Waals surface area contributed by atoms with E-state index in [9.17, 15) is 9.59 Å². The first kappa shape index (κ1) is 13.8. The average molecular weight is 273 g/mol. The van der Waals surface area contributed by atoms with Gasteiger partial charge in [-0.2, -0.15) is 5.10 Å². The number of carbonyl (C=O) groups is 2. The van der Waals surface area contributed by atoms with Gasteiger partial charge in [0.2, 0.25) is 0 Å². The highest BCUT2D eigenvalue weighted by Gasteiger charge is 2.14. The monoisotopic (exact) mass is 273 g/mol. The van der Waals surface area contributed by atoms with E-state index in [1.807, 2.05) is 0 Å². The van der Waals surface area contributed by atoms with Crippen molar-refractivity contribution in [3.63, 3.8) is 0 Å². The van der Waals surface area contributed by atoms with Crippen LogP contribution in [-0.2, 0) is 0 Å². The Morgan fingerprint density at radius 2 is 2.00 bits per heavy atom. The molecule has 7 heteroatoms. The van der Waals surface area contributed by atoms with Crippen molar-refractivity contribution in [2.45, 2.75) is 0 Å². The van der Waals surface area contributed by atoms with Crippen LogP contribution in [-0.4, -0.2) is 35.1 Å². The number of nitrogens with two attached hydrogens (primary N) is 1. The highest BCUT2D eigenvalue weighted by atomic mass is 16.2. The standard InChI is InChI=1S/C13H15N5O2/c14-6-8-15-12(19)9-3-1-2-4-10(9)17-13(20)11-5-7-16-18-11/h1-5,7H,6,8,14H2,(H,15,19)(H,16,18)(H,17,20). The first-order chi connectivity index (χ1) is 9.72. The summed E-state index contributed by atoms with van der Waals surface area (Å²) >= 11 is 0. The topological polar surface area (TPSA) is 113 Å². The number of aromatic amines is 1. The molecule has 5 N–H and O–H groups in total. The Labute approximate surface area is 115 Å². The number of carbonyl (C=O) groups excluding carboxylic acids is 2. The molecule has 0 aliphatic rings. The highest BCUT2D eigenvalue weighted by molar-refractivity contribution is 6.08. The number of amides is 2. The lowest BCUT2D eigenvalue weighted by atomic mass is 10.1. The SMILES string of the molecule is NCCNC(=O)c1ccccc1NC(=O)c1ccn[nH]1. The Kier molecular flexibility index (Phi) is 4.46. The van der Waals surface area contributed by atoms with Crippen molar-refractivity contribution < 1.29 is 9.59 Å². The fourth-order valence-electron chi connectivity index (χ4n) is 1.64. The van der Waals surface area contributed by atoms with Crippen LogP contribution in [0.5, 0.6) is 0 Å². The molecule has 1 aromatic heterocycles. The second-order valence-electron chi connectivity index (χ2n) is 4.01. The van der Waals surface area contributed by atoms with E-state index in [0.29, 0.717) is 30.0 Å². The van der Waals surface area contributed by atoms with Crippen molar-refractivity contribution in [1.82, 2.24) is 15.5 Å². The Morgan fingerprint density at radius 1 is 1.20 bits per heavy atom. The molecule has 0 spiro atoms. The molecule has 0 saturated carbocycles. The summed E-state index contributed by atoms with van der Waals surface area (Å²) in [6, 6.07) is 8.30. The number of para-hydroxylation sites is 1. The number of H-pyrrole nitrogens is 1. The van der Waals surface area contributed by atoms with Crippen LogP contribution in [0, 0.1) is 0 Å². The number of benzene rings is 1. The van der Waals surface area contributed by atoms with Crippen molar-refractivity contribution in [1.29, 1.82) is 0 Å². The average Bonchev–Trinajstić information content (AvgIpc) is 2.99. The summed E-state index contributed by atoms with van der Waals surface area (Å²) in [5.41, 5.74) is 6.48. The van der Waals surface area contributed by atoms with Crippen LogP contribution < -0.4 is 16.4 Å². The Balaban J connectivity index is 2.15. The van der Waals surface area contributed by atoms with Gasteiger partial charge >= 0.3 is 0 Å². The van der Waals surface area contributed by atoms with Crippen LogP contribution in [0.4, 0.5) is 5.69 Å². The van der Waals surface area contributed by atoms with Gasteiger partial charge in [-0.25, -0.2) is 0 Å². The predicted octanol–water partition coefficient (Wildman–Crippen LogP) is 0.350. The van der Waals surface area contributed by atoms with Crippen molar-refractivity contribution >= 4 is 17.5 Å². The summed E-state index contributed by atoms with van der Waals surface area (Å²) in [4.78, 5) is 23.9. The molecule has 104 valence electrons. The Morgan fingerprint density at radius 3 is 2.70 bits per heavy atom. The third kappa shape index (κ3) is 3.21. The molecule has 0 aliphatic heterocycles. The molecule has 0 atom stereocenters. The van der Waals surface area contributed by atoms with E-state index in [4.69, 9.17) is 5.73 Å². The number of aromatic nitrogens is 2. The molecule has 7 nitrogen and oxygen atoms in total. The molecule has 0 aliphatic carbocycles. The molecule has 2 aromatic rings. The lowest BCUT2D eigenvalue weighted by molar-refractivity contribution is 0.0955. The van der Waals surface area contributed by atoms with Crippen LogP contribution in [0.1, 0.15) is 20.8 Å². The van der Waals surface area contributed by atoms with Crippen molar-refractivity contribution in [2.75, 3.05) is 18.4 Å². The maximum atomic E-state index is 12.0. The minimum Gasteiger partial charge on any atom is -0.351 e. The van der Waals surface area contributed by atoms with Crippen LogP contribution in [0.2, 0.25) is 0 Å². The van der Waals surface area contributed by atoms with Gasteiger partial charge in [0.05, 0.1) is 11.3 Å². The zero-order valence-corrected chi connectivity index (χ0v) is 10.7. The van der Waals surface area contributed by atoms with Crippen LogP contribution in [0.15, 0.2) is 36.5 Å². The van der Waals surface area contributed by atoms with Crippen LogP contribution >= 0.6 is 0 Å². The van der Waals surface area contributed by atoms with Gasteiger partial charge in [-0.15, -0.1) is 0 Å². The number of hydrogen-bond donors (Lipinski definition) is 4.